The fourth-order valence-corrected chi connectivity index (χ4v) is 1.87. The number of nitro groups is 1. The van der Waals surface area contributed by atoms with Crippen LogP contribution in [0.2, 0.25) is 0 Å². The maximum atomic E-state index is 11.9. The molecule has 128 valence electrons. The average Bonchev–Trinajstić information content (AvgIpc) is 2.61. The van der Waals surface area contributed by atoms with Gasteiger partial charge in [-0.15, -0.1) is 0 Å². The van der Waals surface area contributed by atoms with Crippen LogP contribution in [0.3, 0.4) is 0 Å². The lowest BCUT2D eigenvalue weighted by Gasteiger charge is -2.02. The summed E-state index contributed by atoms with van der Waals surface area (Å²) in [5, 5.41) is 32.4. The van der Waals surface area contributed by atoms with Crippen molar-refractivity contribution >= 4 is 23.7 Å². The molecule has 0 aromatic heterocycles. The third kappa shape index (κ3) is 4.36. The van der Waals surface area contributed by atoms with Gasteiger partial charge in [0, 0.05) is 17.2 Å². The molecule has 0 fully saturated rings. The molecule has 2 amide bonds. The molecule has 0 atom stereocenters. The Balaban J connectivity index is 2.09. The summed E-state index contributed by atoms with van der Waals surface area (Å²) in [5.74, 6) is -1.52. The third-order valence-corrected chi connectivity index (χ3v) is 3.09. The summed E-state index contributed by atoms with van der Waals surface area (Å²) in [4.78, 5) is 33.3. The van der Waals surface area contributed by atoms with E-state index in [9.17, 15) is 24.8 Å². The van der Waals surface area contributed by atoms with Gasteiger partial charge in [0.25, 0.3) is 17.5 Å². The van der Waals surface area contributed by atoms with Gasteiger partial charge in [0.15, 0.2) is 0 Å². The Morgan fingerprint density at radius 1 is 1.08 bits per heavy atom. The Labute approximate surface area is 140 Å². The van der Waals surface area contributed by atoms with E-state index < -0.39 is 16.7 Å². The summed E-state index contributed by atoms with van der Waals surface area (Å²) < 4.78 is 0. The van der Waals surface area contributed by atoms with Crippen molar-refractivity contribution in [3.05, 3.63) is 69.3 Å². The van der Waals surface area contributed by atoms with Gasteiger partial charge in [0.2, 0.25) is 0 Å². The maximum Gasteiger partial charge on any atom is 0.278 e. The Morgan fingerprint density at radius 3 is 2.24 bits per heavy atom. The minimum atomic E-state index is -0.721. The molecule has 25 heavy (non-hydrogen) atoms. The van der Waals surface area contributed by atoms with E-state index in [0.717, 1.165) is 24.4 Å². The third-order valence-electron chi connectivity index (χ3n) is 3.09. The average molecular weight is 344 g/mol. The molecule has 0 saturated carbocycles. The van der Waals surface area contributed by atoms with Crippen LogP contribution in [0.15, 0.2) is 47.6 Å². The van der Waals surface area contributed by atoms with Crippen LogP contribution in [0.4, 0.5) is 5.69 Å². The molecular formula is C15H12N4O6. The number of carbonyl (C=O) groups excluding carboxylic acids is 2. The van der Waals surface area contributed by atoms with Gasteiger partial charge in [0.05, 0.1) is 16.7 Å². The minimum absolute atomic E-state index is 0.0141. The van der Waals surface area contributed by atoms with Crippen LogP contribution in [0, 0.1) is 10.1 Å². The number of carbonyl (C=O) groups is 2. The number of benzene rings is 2. The lowest BCUT2D eigenvalue weighted by molar-refractivity contribution is -0.385. The van der Waals surface area contributed by atoms with Crippen molar-refractivity contribution in [2.75, 3.05) is 0 Å². The molecule has 0 aliphatic heterocycles. The van der Waals surface area contributed by atoms with Crippen molar-refractivity contribution in [3.8, 4) is 5.75 Å². The first kappa shape index (κ1) is 17.6. The first-order valence-electron chi connectivity index (χ1n) is 6.77. The number of hydroxylamine groups is 1. The van der Waals surface area contributed by atoms with E-state index in [0.29, 0.717) is 0 Å². The van der Waals surface area contributed by atoms with E-state index in [1.54, 1.807) is 0 Å². The number of aromatic hydroxyl groups is 1. The van der Waals surface area contributed by atoms with Crippen LogP contribution in [-0.4, -0.2) is 33.3 Å². The number of nitrogens with zero attached hydrogens (tertiary/aromatic N) is 2. The van der Waals surface area contributed by atoms with Gasteiger partial charge >= 0.3 is 0 Å². The number of nitro benzene ring substituents is 1. The van der Waals surface area contributed by atoms with E-state index in [1.807, 2.05) is 0 Å². The van der Waals surface area contributed by atoms with E-state index in [2.05, 4.69) is 10.5 Å². The van der Waals surface area contributed by atoms with Gasteiger partial charge in [-0.25, -0.2) is 10.9 Å². The number of hydrogen-bond donors (Lipinski definition) is 4. The Bertz CT molecular complexity index is 848. The number of amides is 2. The highest BCUT2D eigenvalue weighted by Gasteiger charge is 2.13. The molecule has 10 nitrogen and oxygen atoms in total. The summed E-state index contributed by atoms with van der Waals surface area (Å²) in [6, 6.07) is 8.74. The predicted molar refractivity (Wildman–Crippen MR) is 85.5 cm³/mol. The van der Waals surface area contributed by atoms with Crippen LogP contribution in [0.5, 0.6) is 5.75 Å². The summed E-state index contributed by atoms with van der Waals surface area (Å²) in [7, 11) is 0. The Hall–Kier alpha value is -3.79. The molecule has 0 aliphatic carbocycles. The fourth-order valence-electron chi connectivity index (χ4n) is 1.87. The minimum Gasteiger partial charge on any atom is -0.508 e. The SMILES string of the molecule is O=C(NO)c1ccc(C(=O)N/N=C/c2cc(O)ccc2[N+](=O)[O-])cc1. The van der Waals surface area contributed by atoms with Gasteiger partial charge in [0.1, 0.15) is 5.75 Å². The second-order valence-corrected chi connectivity index (χ2v) is 4.72. The number of rotatable bonds is 5. The molecule has 0 bridgehead atoms. The molecule has 4 N–H and O–H groups in total. The fraction of sp³-hybridized carbons (Fsp3) is 0. The largest absolute Gasteiger partial charge is 0.508 e. The van der Waals surface area contributed by atoms with Crippen molar-refractivity contribution in [1.82, 2.24) is 10.9 Å². The molecule has 0 spiro atoms. The smallest absolute Gasteiger partial charge is 0.278 e. The van der Waals surface area contributed by atoms with Crippen LogP contribution in [0.1, 0.15) is 26.3 Å². The molecule has 0 aliphatic rings. The Morgan fingerprint density at radius 2 is 1.68 bits per heavy atom. The van der Waals surface area contributed by atoms with Crippen LogP contribution in [-0.2, 0) is 0 Å². The summed E-state index contributed by atoms with van der Waals surface area (Å²) >= 11 is 0. The lowest BCUT2D eigenvalue weighted by atomic mass is 10.1. The van der Waals surface area contributed by atoms with Gasteiger partial charge in [-0.2, -0.15) is 5.10 Å². The van der Waals surface area contributed by atoms with Gasteiger partial charge in [-0.3, -0.25) is 24.9 Å². The monoisotopic (exact) mass is 344 g/mol. The van der Waals surface area contributed by atoms with Crippen molar-refractivity contribution in [2.24, 2.45) is 5.10 Å². The summed E-state index contributed by atoms with van der Waals surface area (Å²) in [6.07, 6.45) is 1.03. The zero-order valence-corrected chi connectivity index (χ0v) is 12.5. The van der Waals surface area contributed by atoms with Crippen LogP contribution < -0.4 is 10.9 Å². The molecule has 10 heteroatoms. The van der Waals surface area contributed by atoms with E-state index in [4.69, 9.17) is 5.21 Å². The van der Waals surface area contributed by atoms with Gasteiger partial charge < -0.3 is 5.11 Å². The number of nitrogens with one attached hydrogen (secondary N) is 2. The number of phenolic OH excluding ortho intramolecular Hbond substituents is 1. The molecule has 2 rings (SSSR count). The molecule has 0 radical (unpaired) electrons. The van der Waals surface area contributed by atoms with Crippen molar-refractivity contribution in [2.45, 2.75) is 0 Å². The van der Waals surface area contributed by atoms with E-state index in [1.165, 1.54) is 29.7 Å². The number of hydrogen-bond acceptors (Lipinski definition) is 7. The number of phenols is 1. The second kappa shape index (κ2) is 7.66. The molecule has 0 heterocycles. The lowest BCUT2D eigenvalue weighted by Crippen LogP contribution is -2.20. The second-order valence-electron chi connectivity index (χ2n) is 4.72. The first-order valence-corrected chi connectivity index (χ1v) is 6.77. The zero-order chi connectivity index (χ0) is 18.4. The molecule has 0 saturated heterocycles. The molecular weight excluding hydrogens is 332 g/mol. The number of hydrazone groups is 1. The van der Waals surface area contributed by atoms with E-state index in [-0.39, 0.29) is 28.1 Å². The van der Waals surface area contributed by atoms with Gasteiger partial charge in [-0.1, -0.05) is 0 Å². The van der Waals surface area contributed by atoms with Crippen molar-refractivity contribution in [3.63, 3.8) is 0 Å². The van der Waals surface area contributed by atoms with Crippen molar-refractivity contribution < 1.29 is 24.8 Å². The zero-order valence-electron chi connectivity index (χ0n) is 12.5. The van der Waals surface area contributed by atoms with E-state index >= 15 is 0 Å². The summed E-state index contributed by atoms with van der Waals surface area (Å²) in [6.45, 7) is 0. The quantitative estimate of drug-likeness (QED) is 0.276. The van der Waals surface area contributed by atoms with Gasteiger partial charge in [-0.05, 0) is 36.4 Å². The highest BCUT2D eigenvalue weighted by molar-refractivity contribution is 5.98. The highest BCUT2D eigenvalue weighted by atomic mass is 16.6. The predicted octanol–water partition coefficient (Wildman–Crippen LogP) is 1.18. The Kier molecular flexibility index (Phi) is 5.38. The highest BCUT2D eigenvalue weighted by Crippen LogP contribution is 2.21. The van der Waals surface area contributed by atoms with Crippen LogP contribution in [0.25, 0.3) is 0 Å². The molecule has 2 aromatic carbocycles. The van der Waals surface area contributed by atoms with Crippen LogP contribution >= 0.6 is 0 Å². The normalized spacial score (nSPS) is 10.4. The molecule has 2 aromatic rings. The summed E-state index contributed by atoms with van der Waals surface area (Å²) in [5.41, 5.74) is 3.70. The van der Waals surface area contributed by atoms with Crippen molar-refractivity contribution in [1.29, 1.82) is 0 Å². The topological polar surface area (TPSA) is 154 Å². The standard InChI is InChI=1S/C15H12N4O6/c20-12-5-6-13(19(24)25)11(7-12)8-16-17-14(21)9-1-3-10(4-2-9)15(22)18-23/h1-8,20,23H,(H,17,21)(H,18,22)/b16-8+. The maximum absolute atomic E-state index is 11.9. The molecule has 0 unspecified atom stereocenters. The first-order chi connectivity index (χ1) is 11.9.